The SMILES string of the molecule is CC.CC1=C(C/C=C/C(C)=C/C=C/CCCOC(=O)C(F)(F)F)C(C)CCC1. The lowest BCUT2D eigenvalue weighted by Gasteiger charge is -2.23. The van der Waals surface area contributed by atoms with Crippen LogP contribution in [0.2, 0.25) is 0 Å². The Morgan fingerprint density at radius 2 is 1.93 bits per heavy atom. The largest absolute Gasteiger partial charge is 0.490 e. The van der Waals surface area contributed by atoms with Gasteiger partial charge in [-0.15, -0.1) is 0 Å². The van der Waals surface area contributed by atoms with Crippen LogP contribution in [0, 0.1) is 5.92 Å². The van der Waals surface area contributed by atoms with Crippen LogP contribution in [0.1, 0.15) is 73.1 Å². The number of esters is 1. The molecule has 0 aromatic heterocycles. The molecule has 1 unspecified atom stereocenters. The normalized spacial score (nSPS) is 18.4. The molecule has 0 amide bonds. The number of unbranched alkanes of at least 4 members (excludes halogenated alkanes) is 1. The fraction of sp³-hybridized carbons (Fsp3) is 0.609. The van der Waals surface area contributed by atoms with E-state index in [1.807, 2.05) is 39.0 Å². The summed E-state index contributed by atoms with van der Waals surface area (Å²) >= 11 is 0. The molecule has 1 aliphatic carbocycles. The van der Waals surface area contributed by atoms with Crippen molar-refractivity contribution in [3.63, 3.8) is 0 Å². The minimum Gasteiger partial charge on any atom is -0.459 e. The summed E-state index contributed by atoms with van der Waals surface area (Å²) in [5, 5.41) is 0. The standard InChI is InChI=1S/C21H29F3O2.C2H6/c1-16(11-8-14-19-17(2)12-9-13-18(19)3)10-6-4-5-7-15-26-20(25)21(22,23)24;1-2/h4,6,8,10-11,17H,5,7,9,12-15H2,1-3H3;1-2H3/b6-4+,11-8+,16-10+;. The van der Waals surface area contributed by atoms with Crippen LogP contribution in [0.15, 0.2) is 47.1 Å². The third kappa shape index (κ3) is 11.2. The van der Waals surface area contributed by atoms with Crippen molar-refractivity contribution in [2.45, 2.75) is 79.3 Å². The van der Waals surface area contributed by atoms with Crippen LogP contribution in [0.4, 0.5) is 13.2 Å². The zero-order valence-electron chi connectivity index (χ0n) is 17.9. The minimum atomic E-state index is -4.91. The van der Waals surface area contributed by atoms with E-state index in [0.29, 0.717) is 18.8 Å². The van der Waals surface area contributed by atoms with Gasteiger partial charge in [-0.1, -0.05) is 67.9 Å². The number of carbonyl (C=O) groups excluding carboxylic acids is 1. The molecule has 0 fully saturated rings. The maximum absolute atomic E-state index is 11.9. The first-order chi connectivity index (χ1) is 13.2. The quantitative estimate of drug-likeness (QED) is 0.183. The van der Waals surface area contributed by atoms with Crippen molar-refractivity contribution in [2.24, 2.45) is 5.92 Å². The molecule has 1 atom stereocenters. The van der Waals surface area contributed by atoms with Crippen LogP contribution in [0.5, 0.6) is 0 Å². The van der Waals surface area contributed by atoms with Crippen LogP contribution in [0.3, 0.4) is 0 Å². The molecule has 0 aliphatic heterocycles. The Morgan fingerprint density at radius 3 is 2.54 bits per heavy atom. The highest BCUT2D eigenvalue weighted by atomic mass is 19.4. The number of ether oxygens (including phenoxy) is 1. The van der Waals surface area contributed by atoms with E-state index >= 15 is 0 Å². The van der Waals surface area contributed by atoms with Gasteiger partial charge in [0.05, 0.1) is 6.61 Å². The van der Waals surface area contributed by atoms with Gasteiger partial charge in [-0.2, -0.15) is 13.2 Å². The molecule has 0 heterocycles. The second-order valence-corrected chi connectivity index (χ2v) is 6.82. The first kappa shape index (κ1) is 26.2. The Morgan fingerprint density at radius 1 is 1.25 bits per heavy atom. The number of alkyl halides is 3. The van der Waals surface area contributed by atoms with E-state index in [1.165, 1.54) is 24.8 Å². The molecule has 160 valence electrons. The lowest BCUT2D eigenvalue weighted by molar-refractivity contribution is -0.199. The van der Waals surface area contributed by atoms with E-state index in [1.54, 1.807) is 5.57 Å². The summed E-state index contributed by atoms with van der Waals surface area (Å²) < 4.78 is 39.9. The van der Waals surface area contributed by atoms with Crippen LogP contribution >= 0.6 is 0 Å². The maximum Gasteiger partial charge on any atom is 0.490 e. The van der Waals surface area contributed by atoms with Gasteiger partial charge < -0.3 is 4.74 Å². The number of hydrogen-bond donors (Lipinski definition) is 0. The number of carbonyl (C=O) groups is 1. The van der Waals surface area contributed by atoms with Gasteiger partial charge in [-0.25, -0.2) is 4.79 Å². The van der Waals surface area contributed by atoms with Crippen LogP contribution < -0.4 is 0 Å². The van der Waals surface area contributed by atoms with Crippen molar-refractivity contribution in [2.75, 3.05) is 6.61 Å². The number of rotatable bonds is 8. The van der Waals surface area contributed by atoms with Gasteiger partial charge in [0.2, 0.25) is 0 Å². The number of allylic oxidation sites excluding steroid dienone is 8. The summed E-state index contributed by atoms with van der Waals surface area (Å²) in [6.45, 7) is 10.3. The molecular weight excluding hydrogens is 365 g/mol. The fourth-order valence-electron chi connectivity index (χ4n) is 3.00. The Balaban J connectivity index is 0.00000352. The summed E-state index contributed by atoms with van der Waals surface area (Å²) in [6.07, 6.45) is 10.8. The fourth-order valence-corrected chi connectivity index (χ4v) is 3.00. The van der Waals surface area contributed by atoms with Crippen molar-refractivity contribution in [1.29, 1.82) is 0 Å². The van der Waals surface area contributed by atoms with Gasteiger partial charge in [0.25, 0.3) is 0 Å². The van der Waals surface area contributed by atoms with Gasteiger partial charge in [0.15, 0.2) is 0 Å². The Labute approximate surface area is 168 Å². The third-order valence-corrected chi connectivity index (χ3v) is 4.53. The third-order valence-electron chi connectivity index (χ3n) is 4.53. The highest BCUT2D eigenvalue weighted by molar-refractivity contribution is 5.75. The summed E-state index contributed by atoms with van der Waals surface area (Å²) in [7, 11) is 0. The van der Waals surface area contributed by atoms with E-state index in [4.69, 9.17) is 0 Å². The lowest BCUT2D eigenvalue weighted by Crippen LogP contribution is -2.25. The zero-order valence-corrected chi connectivity index (χ0v) is 17.9. The van der Waals surface area contributed by atoms with E-state index in [-0.39, 0.29) is 6.61 Å². The molecule has 0 saturated heterocycles. The molecule has 0 radical (unpaired) electrons. The van der Waals surface area contributed by atoms with Crippen molar-refractivity contribution < 1.29 is 22.7 Å². The van der Waals surface area contributed by atoms with Gasteiger partial charge in [-0.3, -0.25) is 0 Å². The van der Waals surface area contributed by atoms with Crippen LogP contribution in [0.25, 0.3) is 0 Å². The average Bonchev–Trinajstić information content (AvgIpc) is 2.64. The minimum absolute atomic E-state index is 0.224. The average molecular weight is 401 g/mol. The Bertz CT molecular complexity index is 581. The molecule has 0 saturated carbocycles. The summed E-state index contributed by atoms with van der Waals surface area (Å²) in [5.74, 6) is -1.45. The topological polar surface area (TPSA) is 26.3 Å². The lowest BCUT2D eigenvalue weighted by atomic mass is 9.83. The number of hydrogen-bond acceptors (Lipinski definition) is 2. The molecule has 0 spiro atoms. The van der Waals surface area contributed by atoms with Crippen LogP contribution in [-0.4, -0.2) is 18.8 Å². The Kier molecular flexibility index (Phi) is 13.3. The monoisotopic (exact) mass is 400 g/mol. The van der Waals surface area contributed by atoms with E-state index < -0.39 is 12.1 Å². The van der Waals surface area contributed by atoms with E-state index in [9.17, 15) is 18.0 Å². The summed E-state index contributed by atoms with van der Waals surface area (Å²) in [5.41, 5.74) is 4.21. The summed E-state index contributed by atoms with van der Waals surface area (Å²) in [4.78, 5) is 10.5. The second kappa shape index (κ2) is 14.3. The second-order valence-electron chi connectivity index (χ2n) is 6.82. The molecule has 0 aromatic carbocycles. The number of halogens is 3. The molecule has 0 bridgehead atoms. The zero-order chi connectivity index (χ0) is 21.6. The molecule has 1 aliphatic rings. The van der Waals surface area contributed by atoms with E-state index in [2.05, 4.69) is 30.7 Å². The Hall–Kier alpha value is -1.78. The molecule has 2 nitrogen and oxygen atoms in total. The molecule has 0 N–H and O–H groups in total. The molecular formula is C23H35F3O2. The predicted octanol–water partition coefficient (Wildman–Crippen LogP) is 7.48. The van der Waals surface area contributed by atoms with Gasteiger partial charge >= 0.3 is 12.1 Å². The van der Waals surface area contributed by atoms with E-state index in [0.717, 1.165) is 12.0 Å². The molecule has 0 aromatic rings. The molecule has 5 heteroatoms. The van der Waals surface area contributed by atoms with Crippen molar-refractivity contribution in [3.8, 4) is 0 Å². The van der Waals surface area contributed by atoms with Gasteiger partial charge in [-0.05, 0) is 58.3 Å². The summed E-state index contributed by atoms with van der Waals surface area (Å²) in [6, 6.07) is 0. The van der Waals surface area contributed by atoms with Crippen molar-refractivity contribution >= 4 is 5.97 Å². The predicted molar refractivity (Wildman–Crippen MR) is 110 cm³/mol. The van der Waals surface area contributed by atoms with Crippen molar-refractivity contribution in [1.82, 2.24) is 0 Å². The van der Waals surface area contributed by atoms with Gasteiger partial charge in [0.1, 0.15) is 0 Å². The molecule has 1 rings (SSSR count). The highest BCUT2D eigenvalue weighted by Gasteiger charge is 2.40. The highest BCUT2D eigenvalue weighted by Crippen LogP contribution is 2.31. The maximum atomic E-state index is 11.9. The molecule has 28 heavy (non-hydrogen) atoms. The smallest absolute Gasteiger partial charge is 0.459 e. The first-order valence-electron chi connectivity index (χ1n) is 10.1. The first-order valence-corrected chi connectivity index (χ1v) is 10.1. The van der Waals surface area contributed by atoms with Crippen molar-refractivity contribution in [3.05, 3.63) is 47.1 Å². The van der Waals surface area contributed by atoms with Gasteiger partial charge in [0, 0.05) is 0 Å². The van der Waals surface area contributed by atoms with Crippen LogP contribution in [-0.2, 0) is 9.53 Å².